The molecule has 3 aromatic rings. The van der Waals surface area contributed by atoms with Gasteiger partial charge in [-0.05, 0) is 24.3 Å². The minimum atomic E-state index is -0.403. The van der Waals surface area contributed by atoms with Gasteiger partial charge in [0.2, 0.25) is 0 Å². The van der Waals surface area contributed by atoms with Gasteiger partial charge in [0.1, 0.15) is 28.1 Å². The molecule has 25 heavy (non-hydrogen) atoms. The molecule has 2 N–H and O–H groups in total. The lowest BCUT2D eigenvalue weighted by Crippen LogP contribution is -2.11. The molecular weight excluding hydrogens is 342 g/mol. The zero-order valence-electron chi connectivity index (χ0n) is 13.4. The number of thiazole rings is 1. The molecule has 0 aliphatic carbocycles. The molecule has 0 bridgehead atoms. The number of carbonyl (C=O) groups excluding carboxylic acids is 1. The van der Waals surface area contributed by atoms with Gasteiger partial charge in [-0.1, -0.05) is 11.3 Å². The van der Waals surface area contributed by atoms with E-state index in [1.165, 1.54) is 6.20 Å². The van der Waals surface area contributed by atoms with Gasteiger partial charge in [0.25, 0.3) is 5.91 Å². The summed E-state index contributed by atoms with van der Waals surface area (Å²) >= 11 is 1.10. The van der Waals surface area contributed by atoms with Crippen LogP contribution in [0.25, 0.3) is 11.3 Å². The summed E-state index contributed by atoms with van der Waals surface area (Å²) in [5.74, 6) is 0.855. The van der Waals surface area contributed by atoms with E-state index in [9.17, 15) is 4.79 Å². The van der Waals surface area contributed by atoms with Crippen LogP contribution in [0.4, 0.5) is 5.13 Å². The van der Waals surface area contributed by atoms with E-state index >= 15 is 0 Å². The molecule has 9 heteroatoms. The Bertz CT molecular complexity index is 957. The Hall–Kier alpha value is -3.38. The lowest BCUT2D eigenvalue weighted by atomic mass is 10.1. The number of benzene rings is 1. The maximum Gasteiger partial charge on any atom is 0.275 e. The molecule has 0 aliphatic heterocycles. The van der Waals surface area contributed by atoms with Gasteiger partial charge in [-0.3, -0.25) is 15.2 Å². The number of ether oxygens (including phenoxy) is 2. The second-order valence-electron chi connectivity index (χ2n) is 4.83. The van der Waals surface area contributed by atoms with E-state index in [1.54, 1.807) is 38.5 Å². The Morgan fingerprint density at radius 2 is 2.16 bits per heavy atom. The number of aromatic amines is 1. The number of nitrogens with one attached hydrogen (secondary N) is 2. The van der Waals surface area contributed by atoms with Crippen LogP contribution in [0.2, 0.25) is 0 Å². The largest absolute Gasteiger partial charge is 0.497 e. The standard InChI is InChI=1S/C16H13N5O3S/c1-23-9-3-4-14(24-2)11(5-9)12-6-13(21-20-12)15(22)19-16-18-8-10(7-17)25-16/h3-6,8H,1-2H3,(H,20,21)(H,18,19,22). The number of rotatable bonds is 5. The van der Waals surface area contributed by atoms with Gasteiger partial charge in [0.05, 0.1) is 26.1 Å². The normalized spacial score (nSPS) is 10.1. The molecule has 3 rings (SSSR count). The van der Waals surface area contributed by atoms with Crippen LogP contribution in [-0.4, -0.2) is 35.3 Å². The number of nitrogens with zero attached hydrogens (tertiary/aromatic N) is 3. The second kappa shape index (κ2) is 7.02. The number of hydrogen-bond acceptors (Lipinski definition) is 7. The lowest BCUT2D eigenvalue weighted by molar-refractivity contribution is 0.102. The molecule has 0 aliphatic rings. The topological polar surface area (TPSA) is 113 Å². The monoisotopic (exact) mass is 355 g/mol. The smallest absolute Gasteiger partial charge is 0.275 e. The van der Waals surface area contributed by atoms with Crippen molar-refractivity contribution < 1.29 is 14.3 Å². The first-order valence-electron chi connectivity index (χ1n) is 7.09. The van der Waals surface area contributed by atoms with Gasteiger partial charge in [-0.15, -0.1) is 0 Å². The first kappa shape index (κ1) is 16.5. The van der Waals surface area contributed by atoms with E-state index in [4.69, 9.17) is 14.7 Å². The number of methoxy groups -OCH3 is 2. The van der Waals surface area contributed by atoms with Crippen LogP contribution >= 0.6 is 11.3 Å². The van der Waals surface area contributed by atoms with Crippen molar-refractivity contribution in [1.29, 1.82) is 5.26 Å². The summed E-state index contributed by atoms with van der Waals surface area (Å²) in [5, 5.41) is 18.6. The van der Waals surface area contributed by atoms with E-state index in [0.29, 0.717) is 32.8 Å². The SMILES string of the molecule is COc1ccc(OC)c(-c2cc(C(=O)Nc3ncc(C#N)s3)[nH]n2)c1. The van der Waals surface area contributed by atoms with Crippen LogP contribution < -0.4 is 14.8 Å². The first-order valence-corrected chi connectivity index (χ1v) is 7.91. The average Bonchev–Trinajstić information content (AvgIpc) is 3.30. The number of nitriles is 1. The predicted octanol–water partition coefficient (Wildman–Crippen LogP) is 2.67. The van der Waals surface area contributed by atoms with Crippen molar-refractivity contribution >= 4 is 22.4 Å². The van der Waals surface area contributed by atoms with E-state index in [1.807, 2.05) is 6.07 Å². The van der Waals surface area contributed by atoms with Gasteiger partial charge >= 0.3 is 0 Å². The summed E-state index contributed by atoms with van der Waals surface area (Å²) in [6.07, 6.45) is 1.40. The highest BCUT2D eigenvalue weighted by Crippen LogP contribution is 2.32. The third-order valence-corrected chi connectivity index (χ3v) is 4.16. The molecule has 2 aromatic heterocycles. The first-order chi connectivity index (χ1) is 12.1. The van der Waals surface area contributed by atoms with Crippen molar-refractivity contribution in [3.8, 4) is 28.8 Å². The summed E-state index contributed by atoms with van der Waals surface area (Å²) in [4.78, 5) is 16.7. The highest BCUT2D eigenvalue weighted by Gasteiger charge is 2.16. The summed E-state index contributed by atoms with van der Waals surface area (Å²) in [7, 11) is 3.12. The van der Waals surface area contributed by atoms with Crippen LogP contribution in [-0.2, 0) is 0 Å². The fourth-order valence-electron chi connectivity index (χ4n) is 2.14. The van der Waals surface area contributed by atoms with Crippen LogP contribution in [0.1, 0.15) is 15.4 Å². The third kappa shape index (κ3) is 3.44. The quantitative estimate of drug-likeness (QED) is 0.727. The Kier molecular flexibility index (Phi) is 4.63. The Labute approximate surface area is 147 Å². The number of aromatic nitrogens is 3. The summed E-state index contributed by atoms with van der Waals surface area (Å²) in [5.41, 5.74) is 1.49. The molecule has 0 saturated carbocycles. The average molecular weight is 355 g/mol. The summed E-state index contributed by atoms with van der Waals surface area (Å²) in [6, 6.07) is 8.89. The van der Waals surface area contributed by atoms with Gasteiger partial charge in [0, 0.05) is 5.56 Å². The Morgan fingerprint density at radius 1 is 1.32 bits per heavy atom. The molecule has 0 spiro atoms. The molecule has 126 valence electrons. The van der Waals surface area contributed by atoms with Crippen LogP contribution in [0.3, 0.4) is 0 Å². The van der Waals surface area contributed by atoms with Crippen molar-refractivity contribution in [2.75, 3.05) is 19.5 Å². The maximum atomic E-state index is 12.3. The van der Waals surface area contributed by atoms with Gasteiger partial charge in [0.15, 0.2) is 5.13 Å². The molecular formula is C16H13N5O3S. The fraction of sp³-hybridized carbons (Fsp3) is 0.125. The highest BCUT2D eigenvalue weighted by atomic mass is 32.1. The van der Waals surface area contributed by atoms with E-state index in [2.05, 4.69) is 20.5 Å². The van der Waals surface area contributed by atoms with Crippen LogP contribution in [0.15, 0.2) is 30.5 Å². The van der Waals surface area contributed by atoms with Crippen LogP contribution in [0, 0.1) is 11.3 Å². The number of amides is 1. The Balaban J connectivity index is 1.85. The summed E-state index contributed by atoms with van der Waals surface area (Å²) < 4.78 is 10.5. The van der Waals surface area contributed by atoms with Crippen molar-refractivity contribution in [3.63, 3.8) is 0 Å². The maximum absolute atomic E-state index is 12.3. The predicted molar refractivity (Wildman–Crippen MR) is 91.9 cm³/mol. The van der Waals surface area contributed by atoms with E-state index in [-0.39, 0.29) is 5.69 Å². The van der Waals surface area contributed by atoms with Gasteiger partial charge in [-0.25, -0.2) is 4.98 Å². The van der Waals surface area contributed by atoms with Crippen molar-refractivity contribution in [3.05, 3.63) is 41.0 Å². The lowest BCUT2D eigenvalue weighted by Gasteiger charge is -2.08. The number of hydrogen-bond donors (Lipinski definition) is 2. The number of H-pyrrole nitrogens is 1. The minimum absolute atomic E-state index is 0.258. The molecule has 0 saturated heterocycles. The van der Waals surface area contributed by atoms with E-state index < -0.39 is 5.91 Å². The fourth-order valence-corrected chi connectivity index (χ4v) is 2.75. The van der Waals surface area contributed by atoms with Crippen molar-refractivity contribution in [1.82, 2.24) is 15.2 Å². The van der Waals surface area contributed by atoms with Gasteiger partial charge < -0.3 is 9.47 Å². The molecule has 1 aromatic carbocycles. The highest BCUT2D eigenvalue weighted by molar-refractivity contribution is 7.16. The second-order valence-corrected chi connectivity index (χ2v) is 5.86. The minimum Gasteiger partial charge on any atom is -0.497 e. The molecule has 0 unspecified atom stereocenters. The van der Waals surface area contributed by atoms with Crippen molar-refractivity contribution in [2.45, 2.75) is 0 Å². The molecule has 0 atom stereocenters. The molecule has 0 radical (unpaired) electrons. The Morgan fingerprint density at radius 3 is 2.84 bits per heavy atom. The van der Waals surface area contributed by atoms with E-state index in [0.717, 1.165) is 11.3 Å². The van der Waals surface area contributed by atoms with Crippen molar-refractivity contribution in [2.24, 2.45) is 0 Å². The zero-order chi connectivity index (χ0) is 17.8. The molecule has 1 amide bonds. The number of carbonyl (C=O) groups is 1. The number of anilines is 1. The molecule has 2 heterocycles. The summed E-state index contributed by atoms with van der Waals surface area (Å²) in [6.45, 7) is 0. The van der Waals surface area contributed by atoms with Gasteiger partial charge in [-0.2, -0.15) is 10.4 Å². The molecule has 8 nitrogen and oxygen atoms in total. The third-order valence-electron chi connectivity index (χ3n) is 3.34. The molecule has 0 fully saturated rings. The van der Waals surface area contributed by atoms with Crippen LogP contribution in [0.5, 0.6) is 11.5 Å². The zero-order valence-corrected chi connectivity index (χ0v) is 14.2.